The van der Waals surface area contributed by atoms with Gasteiger partial charge in [-0.25, -0.2) is 0 Å². The molecule has 0 aliphatic heterocycles. The molecule has 1 unspecified atom stereocenters. The van der Waals surface area contributed by atoms with E-state index in [2.05, 4.69) is 9.73 Å². The van der Waals surface area contributed by atoms with Crippen LogP contribution in [-0.4, -0.2) is 43.2 Å². The van der Waals surface area contributed by atoms with Gasteiger partial charge in [0.2, 0.25) is 0 Å². The van der Waals surface area contributed by atoms with Gasteiger partial charge in [0.05, 0.1) is 5.92 Å². The SMILES string of the molecule is CN=CC(C=N)c1cn(-c2ccc(OC(F)(F)F)cc2)c(=O)cc1OCC(F)(F)F. The third-order valence-corrected chi connectivity index (χ3v) is 3.63. The molecule has 0 radical (unpaired) electrons. The smallest absolute Gasteiger partial charge is 0.484 e. The highest BCUT2D eigenvalue weighted by molar-refractivity contribution is 5.89. The Labute approximate surface area is 165 Å². The van der Waals surface area contributed by atoms with E-state index in [9.17, 15) is 31.1 Å². The number of benzene rings is 1. The Balaban J connectivity index is 2.50. The molecule has 0 saturated heterocycles. The molecule has 1 aromatic carbocycles. The van der Waals surface area contributed by atoms with E-state index in [1.165, 1.54) is 13.3 Å². The summed E-state index contributed by atoms with van der Waals surface area (Å²) in [4.78, 5) is 16.1. The zero-order valence-corrected chi connectivity index (χ0v) is 15.3. The summed E-state index contributed by atoms with van der Waals surface area (Å²) < 4.78 is 83.9. The Morgan fingerprint density at radius 1 is 1.17 bits per heavy atom. The predicted octanol–water partition coefficient (Wildman–Crippen LogP) is 4.11. The third-order valence-electron chi connectivity index (χ3n) is 3.63. The lowest BCUT2D eigenvalue weighted by Crippen LogP contribution is -2.24. The molecule has 6 nitrogen and oxygen atoms in total. The molecule has 12 heteroatoms. The second-order valence-electron chi connectivity index (χ2n) is 5.85. The Morgan fingerprint density at radius 2 is 1.80 bits per heavy atom. The lowest BCUT2D eigenvalue weighted by Gasteiger charge is -2.18. The van der Waals surface area contributed by atoms with Crippen molar-refractivity contribution in [2.24, 2.45) is 4.99 Å². The summed E-state index contributed by atoms with van der Waals surface area (Å²) in [6.45, 7) is -1.65. The van der Waals surface area contributed by atoms with Crippen molar-refractivity contribution in [2.45, 2.75) is 18.5 Å². The fourth-order valence-electron chi connectivity index (χ4n) is 2.45. The molecule has 0 aliphatic carbocycles. The van der Waals surface area contributed by atoms with E-state index < -0.39 is 36.4 Å². The Hall–Kier alpha value is -3.31. The van der Waals surface area contributed by atoms with Gasteiger partial charge in [0.25, 0.3) is 5.56 Å². The Bertz CT molecular complexity index is 965. The first-order valence-electron chi connectivity index (χ1n) is 8.18. The van der Waals surface area contributed by atoms with Crippen LogP contribution in [0.4, 0.5) is 26.3 Å². The zero-order chi connectivity index (χ0) is 22.5. The molecule has 30 heavy (non-hydrogen) atoms. The van der Waals surface area contributed by atoms with Crippen LogP contribution < -0.4 is 15.0 Å². The van der Waals surface area contributed by atoms with Crippen molar-refractivity contribution in [3.63, 3.8) is 0 Å². The van der Waals surface area contributed by atoms with Gasteiger partial charge in [0.15, 0.2) is 6.61 Å². The third kappa shape index (κ3) is 6.36. The van der Waals surface area contributed by atoms with E-state index in [4.69, 9.17) is 10.1 Å². The van der Waals surface area contributed by atoms with Gasteiger partial charge in [-0.3, -0.25) is 14.4 Å². The first-order chi connectivity index (χ1) is 13.9. The molecule has 0 fully saturated rings. The van der Waals surface area contributed by atoms with Crippen molar-refractivity contribution in [3.05, 3.63) is 52.4 Å². The van der Waals surface area contributed by atoms with E-state index in [1.54, 1.807) is 0 Å². The number of hydrogen-bond donors (Lipinski definition) is 1. The number of aliphatic imine (C=N–C) groups is 1. The largest absolute Gasteiger partial charge is 0.573 e. The van der Waals surface area contributed by atoms with Gasteiger partial charge in [-0.1, -0.05) is 0 Å². The summed E-state index contributed by atoms with van der Waals surface area (Å²) in [5.41, 5.74) is -0.636. The Kier molecular flexibility index (Phi) is 6.90. The van der Waals surface area contributed by atoms with Crippen molar-refractivity contribution in [1.29, 1.82) is 5.41 Å². The quantitative estimate of drug-likeness (QED) is 0.525. The summed E-state index contributed by atoms with van der Waals surface area (Å²) in [7, 11) is 1.39. The summed E-state index contributed by atoms with van der Waals surface area (Å²) in [5, 5.41) is 7.49. The topological polar surface area (TPSA) is 76.7 Å². The number of pyridine rings is 1. The van der Waals surface area contributed by atoms with Gasteiger partial charge in [-0.2, -0.15) is 13.2 Å². The summed E-state index contributed by atoms with van der Waals surface area (Å²) >= 11 is 0. The zero-order valence-electron chi connectivity index (χ0n) is 15.3. The molecule has 1 N–H and O–H groups in total. The molecule has 0 spiro atoms. The van der Waals surface area contributed by atoms with Crippen LogP contribution in [0.15, 0.2) is 46.3 Å². The fourth-order valence-corrected chi connectivity index (χ4v) is 2.45. The molecule has 0 saturated carbocycles. The molecule has 2 aromatic rings. The van der Waals surface area contributed by atoms with Crippen LogP contribution in [0.3, 0.4) is 0 Å². The van der Waals surface area contributed by atoms with Crippen molar-refractivity contribution in [3.8, 4) is 17.2 Å². The van der Waals surface area contributed by atoms with Crippen molar-refractivity contribution in [1.82, 2.24) is 4.57 Å². The number of rotatable bonds is 7. The van der Waals surface area contributed by atoms with Gasteiger partial charge in [-0.05, 0) is 24.3 Å². The Morgan fingerprint density at radius 3 is 2.30 bits per heavy atom. The fraction of sp³-hybridized carbons (Fsp3) is 0.278. The lowest BCUT2D eigenvalue weighted by atomic mass is 10.0. The van der Waals surface area contributed by atoms with Crippen LogP contribution >= 0.6 is 0 Å². The first kappa shape index (κ1) is 23.0. The van der Waals surface area contributed by atoms with Crippen LogP contribution in [0, 0.1) is 5.41 Å². The van der Waals surface area contributed by atoms with Crippen molar-refractivity contribution in [2.75, 3.05) is 13.7 Å². The maximum atomic E-state index is 12.5. The molecule has 1 aromatic heterocycles. The van der Waals surface area contributed by atoms with Crippen LogP contribution in [0.1, 0.15) is 11.5 Å². The van der Waals surface area contributed by atoms with Gasteiger partial charge in [0, 0.05) is 43.0 Å². The number of hydrogen-bond acceptors (Lipinski definition) is 5. The maximum Gasteiger partial charge on any atom is 0.573 e. The second kappa shape index (κ2) is 9.01. The minimum atomic E-state index is -4.89. The number of aromatic nitrogens is 1. The molecule has 0 aliphatic rings. The summed E-state index contributed by atoms with van der Waals surface area (Å²) in [5.74, 6) is -1.81. The van der Waals surface area contributed by atoms with E-state index in [1.807, 2.05) is 0 Å². The molecule has 0 amide bonds. The van der Waals surface area contributed by atoms with Crippen LogP contribution in [0.2, 0.25) is 0 Å². The number of alkyl halides is 6. The van der Waals surface area contributed by atoms with Gasteiger partial charge >= 0.3 is 12.5 Å². The second-order valence-corrected chi connectivity index (χ2v) is 5.85. The molecule has 1 heterocycles. The molecular weight excluding hydrogens is 420 g/mol. The average molecular weight is 435 g/mol. The molecule has 1 atom stereocenters. The normalized spacial score (nSPS) is 13.3. The number of ether oxygens (including phenoxy) is 2. The molecule has 162 valence electrons. The van der Waals surface area contributed by atoms with Crippen LogP contribution in [0.5, 0.6) is 11.5 Å². The summed E-state index contributed by atoms with van der Waals surface area (Å²) in [6, 6.07) is 5.09. The summed E-state index contributed by atoms with van der Waals surface area (Å²) in [6.07, 6.45) is -6.25. The van der Waals surface area contributed by atoms with Gasteiger partial charge in [0.1, 0.15) is 11.5 Å². The van der Waals surface area contributed by atoms with Crippen molar-refractivity contribution < 1.29 is 35.8 Å². The number of nitrogens with zero attached hydrogens (tertiary/aromatic N) is 2. The van der Waals surface area contributed by atoms with E-state index in [0.717, 1.165) is 47.3 Å². The predicted molar refractivity (Wildman–Crippen MR) is 96.2 cm³/mol. The highest BCUT2D eigenvalue weighted by Crippen LogP contribution is 2.28. The number of halogens is 6. The van der Waals surface area contributed by atoms with Crippen LogP contribution in [-0.2, 0) is 0 Å². The molecule has 0 bridgehead atoms. The van der Waals surface area contributed by atoms with E-state index in [-0.39, 0.29) is 17.0 Å². The highest BCUT2D eigenvalue weighted by atomic mass is 19.4. The monoisotopic (exact) mass is 435 g/mol. The van der Waals surface area contributed by atoms with E-state index in [0.29, 0.717) is 0 Å². The average Bonchev–Trinajstić information content (AvgIpc) is 2.64. The maximum absolute atomic E-state index is 12.5. The van der Waals surface area contributed by atoms with Gasteiger partial charge < -0.3 is 14.9 Å². The minimum absolute atomic E-state index is 0.0371. The lowest BCUT2D eigenvalue weighted by molar-refractivity contribution is -0.274. The first-order valence-corrected chi connectivity index (χ1v) is 8.18. The highest BCUT2D eigenvalue weighted by Gasteiger charge is 2.31. The molecular formula is C18H15F6N3O3. The standard InChI is InChI=1S/C18H15F6N3O3/c1-26-8-11(7-25)14-9-27(16(28)6-15(14)29-10-17(19,20)21)12-2-4-13(5-3-12)30-18(22,23)24/h2-9,11,25H,10H2,1H3. The minimum Gasteiger partial charge on any atom is -0.484 e. The number of nitrogens with one attached hydrogen (secondary N) is 1. The van der Waals surface area contributed by atoms with E-state index >= 15 is 0 Å². The molecule has 2 rings (SSSR count). The van der Waals surface area contributed by atoms with Gasteiger partial charge in [-0.15, -0.1) is 13.2 Å². The van der Waals surface area contributed by atoms with Crippen LogP contribution in [0.25, 0.3) is 5.69 Å². The van der Waals surface area contributed by atoms with Crippen molar-refractivity contribution >= 4 is 12.4 Å².